The molecule has 104 valence electrons. The van der Waals surface area contributed by atoms with Gasteiger partial charge in [0.25, 0.3) is 5.69 Å². The maximum atomic E-state index is 11.0. The van der Waals surface area contributed by atoms with Gasteiger partial charge in [0, 0.05) is 23.1 Å². The number of rotatable bonds is 6. The molecule has 1 aromatic carbocycles. The summed E-state index contributed by atoms with van der Waals surface area (Å²) in [5, 5.41) is 14.2. The van der Waals surface area contributed by atoms with Crippen molar-refractivity contribution >= 4 is 27.3 Å². The minimum atomic E-state index is -0.351. The number of halogens is 1. The van der Waals surface area contributed by atoms with Crippen molar-refractivity contribution in [2.45, 2.75) is 18.9 Å². The van der Waals surface area contributed by atoms with Crippen molar-refractivity contribution in [3.8, 4) is 0 Å². The van der Waals surface area contributed by atoms with Gasteiger partial charge in [-0.1, -0.05) is 15.9 Å². The van der Waals surface area contributed by atoms with Crippen LogP contribution in [0.2, 0.25) is 0 Å². The van der Waals surface area contributed by atoms with E-state index in [2.05, 4.69) is 40.2 Å². The molecule has 2 rings (SSSR count). The first kappa shape index (κ1) is 14.3. The Hall–Kier alpha value is -1.14. The molecule has 0 heterocycles. The van der Waals surface area contributed by atoms with Crippen LogP contribution >= 0.6 is 15.9 Å². The molecule has 0 aromatic heterocycles. The zero-order valence-corrected chi connectivity index (χ0v) is 12.7. The number of benzene rings is 1. The third-order valence-electron chi connectivity index (χ3n) is 3.49. The lowest BCUT2D eigenvalue weighted by molar-refractivity contribution is -0.384. The van der Waals surface area contributed by atoms with Crippen LogP contribution in [-0.2, 0) is 0 Å². The van der Waals surface area contributed by atoms with E-state index in [0.29, 0.717) is 17.6 Å². The maximum absolute atomic E-state index is 11.0. The number of hydrogen-bond acceptors (Lipinski definition) is 4. The third kappa shape index (κ3) is 3.67. The van der Waals surface area contributed by atoms with Gasteiger partial charge in [-0.05, 0) is 45.0 Å². The molecule has 0 saturated heterocycles. The van der Waals surface area contributed by atoms with Crippen LogP contribution in [0.1, 0.15) is 12.8 Å². The highest BCUT2D eigenvalue weighted by molar-refractivity contribution is 9.10. The molecule has 5 nitrogen and oxygen atoms in total. The van der Waals surface area contributed by atoms with Gasteiger partial charge in [-0.25, -0.2) is 0 Å². The molecule has 6 heteroatoms. The molecule has 1 aliphatic carbocycles. The Bertz CT molecular complexity index is 473. The van der Waals surface area contributed by atoms with Crippen LogP contribution in [0, 0.1) is 16.0 Å². The van der Waals surface area contributed by atoms with E-state index in [9.17, 15) is 10.1 Å². The summed E-state index contributed by atoms with van der Waals surface area (Å²) in [5.41, 5.74) is 0.698. The number of hydrogen-bond donors (Lipinski definition) is 1. The fourth-order valence-electron chi connectivity index (χ4n) is 2.28. The van der Waals surface area contributed by atoms with Gasteiger partial charge in [0.2, 0.25) is 0 Å². The lowest BCUT2D eigenvalue weighted by Crippen LogP contribution is -2.36. The normalized spacial score (nSPS) is 16.4. The van der Waals surface area contributed by atoms with E-state index in [1.54, 1.807) is 12.1 Å². The summed E-state index contributed by atoms with van der Waals surface area (Å²) in [6.45, 7) is 0.731. The van der Waals surface area contributed by atoms with Crippen molar-refractivity contribution in [1.82, 2.24) is 4.90 Å². The van der Waals surface area contributed by atoms with E-state index >= 15 is 0 Å². The van der Waals surface area contributed by atoms with Gasteiger partial charge in [-0.2, -0.15) is 0 Å². The molecular weight excluding hydrogens is 310 g/mol. The summed E-state index contributed by atoms with van der Waals surface area (Å²) in [5.74, 6) is 0.716. The quantitative estimate of drug-likeness (QED) is 0.644. The first-order chi connectivity index (χ1) is 8.99. The first-order valence-electron chi connectivity index (χ1n) is 6.33. The molecule has 1 aliphatic rings. The smallest absolute Gasteiger partial charge is 0.292 e. The van der Waals surface area contributed by atoms with Gasteiger partial charge in [0.15, 0.2) is 0 Å². The average molecular weight is 328 g/mol. The molecule has 1 saturated carbocycles. The van der Waals surface area contributed by atoms with Crippen molar-refractivity contribution < 1.29 is 4.92 Å². The van der Waals surface area contributed by atoms with Crippen LogP contribution in [0.5, 0.6) is 0 Å². The van der Waals surface area contributed by atoms with Crippen LogP contribution in [0.25, 0.3) is 0 Å². The van der Waals surface area contributed by atoms with Gasteiger partial charge in [0.1, 0.15) is 5.69 Å². The number of nitro groups is 1. The molecule has 0 amide bonds. The highest BCUT2D eigenvalue weighted by atomic mass is 79.9. The predicted molar refractivity (Wildman–Crippen MR) is 79.5 cm³/mol. The Kier molecular flexibility index (Phi) is 4.42. The SMILES string of the molecule is CN(C)C(CNc1cc(Br)ccc1[N+](=O)[O-])C1CC1. The second-order valence-corrected chi connectivity index (χ2v) is 6.08. The van der Waals surface area contributed by atoms with E-state index in [1.165, 1.54) is 18.9 Å². The zero-order chi connectivity index (χ0) is 14.0. The minimum absolute atomic E-state index is 0.122. The summed E-state index contributed by atoms with van der Waals surface area (Å²) in [4.78, 5) is 12.8. The summed E-state index contributed by atoms with van der Waals surface area (Å²) in [6, 6.07) is 5.40. The zero-order valence-electron chi connectivity index (χ0n) is 11.1. The molecule has 0 spiro atoms. The fraction of sp³-hybridized carbons (Fsp3) is 0.538. The molecule has 1 N–H and O–H groups in total. The summed E-state index contributed by atoms with van der Waals surface area (Å²) in [6.07, 6.45) is 2.51. The average Bonchev–Trinajstić information content (AvgIpc) is 3.13. The molecule has 1 atom stereocenters. The Morgan fingerprint density at radius 3 is 2.74 bits per heavy atom. The monoisotopic (exact) mass is 327 g/mol. The van der Waals surface area contributed by atoms with Crippen molar-refractivity contribution in [2.75, 3.05) is 26.0 Å². The van der Waals surface area contributed by atoms with Crippen LogP contribution < -0.4 is 5.32 Å². The van der Waals surface area contributed by atoms with Crippen LogP contribution in [0.15, 0.2) is 22.7 Å². The molecule has 1 fully saturated rings. The summed E-state index contributed by atoms with van der Waals surface area (Å²) in [7, 11) is 4.11. The van der Waals surface area contributed by atoms with Crippen LogP contribution in [-0.4, -0.2) is 36.5 Å². The second-order valence-electron chi connectivity index (χ2n) is 5.17. The molecule has 1 unspecified atom stereocenters. The molecule has 0 bridgehead atoms. The standard InChI is InChI=1S/C13H18BrN3O2/c1-16(2)13(9-3-4-9)8-15-11-7-10(14)5-6-12(11)17(18)19/h5-7,9,13,15H,3-4,8H2,1-2H3. The number of nitro benzene ring substituents is 1. The third-order valence-corrected chi connectivity index (χ3v) is 3.98. The Balaban J connectivity index is 2.09. The molecular formula is C13H18BrN3O2. The maximum Gasteiger partial charge on any atom is 0.292 e. The van der Waals surface area contributed by atoms with Gasteiger partial charge in [-0.15, -0.1) is 0 Å². The lowest BCUT2D eigenvalue weighted by atomic mass is 10.1. The second kappa shape index (κ2) is 5.88. The van der Waals surface area contributed by atoms with Crippen molar-refractivity contribution in [3.05, 3.63) is 32.8 Å². The van der Waals surface area contributed by atoms with E-state index in [4.69, 9.17) is 0 Å². The molecule has 0 radical (unpaired) electrons. The Morgan fingerprint density at radius 1 is 1.53 bits per heavy atom. The number of anilines is 1. The topological polar surface area (TPSA) is 58.4 Å². The Morgan fingerprint density at radius 2 is 2.21 bits per heavy atom. The van der Waals surface area contributed by atoms with Gasteiger partial charge in [-0.3, -0.25) is 10.1 Å². The van der Waals surface area contributed by atoms with Crippen molar-refractivity contribution in [2.24, 2.45) is 5.92 Å². The predicted octanol–water partition coefficient (Wildman–Crippen LogP) is 3.11. The summed E-state index contributed by atoms with van der Waals surface area (Å²) >= 11 is 3.35. The van der Waals surface area contributed by atoms with E-state index < -0.39 is 0 Å². The van der Waals surface area contributed by atoms with E-state index in [1.807, 2.05) is 0 Å². The van der Waals surface area contributed by atoms with E-state index in [-0.39, 0.29) is 10.6 Å². The summed E-state index contributed by atoms with van der Waals surface area (Å²) < 4.78 is 0.841. The molecule has 1 aromatic rings. The largest absolute Gasteiger partial charge is 0.378 e. The van der Waals surface area contributed by atoms with E-state index in [0.717, 1.165) is 11.0 Å². The first-order valence-corrected chi connectivity index (χ1v) is 7.12. The number of nitrogens with zero attached hydrogens (tertiary/aromatic N) is 2. The van der Waals surface area contributed by atoms with Crippen LogP contribution in [0.4, 0.5) is 11.4 Å². The van der Waals surface area contributed by atoms with Gasteiger partial charge >= 0.3 is 0 Å². The number of nitrogens with one attached hydrogen (secondary N) is 1. The molecule has 19 heavy (non-hydrogen) atoms. The lowest BCUT2D eigenvalue weighted by Gasteiger charge is -2.24. The molecule has 0 aliphatic heterocycles. The highest BCUT2D eigenvalue weighted by Crippen LogP contribution is 2.35. The Labute approximate surface area is 121 Å². The minimum Gasteiger partial charge on any atom is -0.378 e. The van der Waals surface area contributed by atoms with Gasteiger partial charge in [0.05, 0.1) is 4.92 Å². The van der Waals surface area contributed by atoms with Crippen molar-refractivity contribution in [1.29, 1.82) is 0 Å². The van der Waals surface area contributed by atoms with Crippen molar-refractivity contribution in [3.63, 3.8) is 0 Å². The van der Waals surface area contributed by atoms with Gasteiger partial charge < -0.3 is 10.2 Å². The number of likely N-dealkylation sites (N-methyl/N-ethyl adjacent to an activating group) is 1. The highest BCUT2D eigenvalue weighted by Gasteiger charge is 2.32. The van der Waals surface area contributed by atoms with Crippen LogP contribution in [0.3, 0.4) is 0 Å². The fourth-order valence-corrected chi connectivity index (χ4v) is 2.64.